The Bertz CT molecular complexity index is 712. The Hall–Kier alpha value is -2.27. The number of hydrogen-bond donors (Lipinski definition) is 0. The number of nitriles is 1. The van der Waals surface area contributed by atoms with Gasteiger partial charge in [0.2, 0.25) is 0 Å². The normalized spacial score (nSPS) is 11.8. The largest absolute Gasteiger partial charge is 0.493 e. The molecule has 1 atom stereocenters. The fourth-order valence-electron chi connectivity index (χ4n) is 2.86. The van der Waals surface area contributed by atoms with E-state index in [0.717, 1.165) is 29.7 Å². The molecule has 0 N–H and O–H groups in total. The summed E-state index contributed by atoms with van der Waals surface area (Å²) in [6.45, 7) is 8.94. The van der Waals surface area contributed by atoms with E-state index in [1.165, 1.54) is 16.7 Å². The minimum atomic E-state index is -0.0578. The lowest BCUT2D eigenvalue weighted by molar-refractivity contribution is 0.303. The van der Waals surface area contributed by atoms with E-state index in [1.54, 1.807) is 0 Å². The van der Waals surface area contributed by atoms with Gasteiger partial charge in [-0.3, -0.25) is 0 Å². The van der Waals surface area contributed by atoms with E-state index in [4.69, 9.17) is 4.74 Å². The molecule has 120 valence electrons. The van der Waals surface area contributed by atoms with Crippen LogP contribution in [0, 0.1) is 39.0 Å². The molecule has 0 heterocycles. The Morgan fingerprint density at radius 2 is 1.65 bits per heavy atom. The van der Waals surface area contributed by atoms with Crippen LogP contribution in [0.25, 0.3) is 0 Å². The highest BCUT2D eigenvalue weighted by Crippen LogP contribution is 2.25. The van der Waals surface area contributed by atoms with Crippen LogP contribution in [0.5, 0.6) is 5.75 Å². The van der Waals surface area contributed by atoms with Crippen molar-refractivity contribution in [3.8, 4) is 11.8 Å². The molecule has 0 aliphatic heterocycles. The number of nitrogens with zero attached hydrogens (tertiary/aromatic N) is 1. The van der Waals surface area contributed by atoms with Gasteiger partial charge in [0.05, 0.1) is 18.6 Å². The maximum absolute atomic E-state index is 9.49. The van der Waals surface area contributed by atoms with Crippen molar-refractivity contribution in [2.45, 2.75) is 46.5 Å². The lowest BCUT2D eigenvalue weighted by atomic mass is 9.91. The number of aryl methyl sites for hydroxylation is 4. The summed E-state index contributed by atoms with van der Waals surface area (Å²) in [7, 11) is 0. The molecule has 0 aliphatic carbocycles. The molecule has 2 heteroatoms. The number of hydrogen-bond acceptors (Lipinski definition) is 2. The van der Waals surface area contributed by atoms with Gasteiger partial charge in [-0.2, -0.15) is 5.26 Å². The highest BCUT2D eigenvalue weighted by molar-refractivity contribution is 5.37. The fourth-order valence-corrected chi connectivity index (χ4v) is 2.86. The molecule has 0 radical (unpaired) electrons. The van der Waals surface area contributed by atoms with Gasteiger partial charge in [-0.05, 0) is 63.3 Å². The molecule has 0 saturated heterocycles. The van der Waals surface area contributed by atoms with Crippen molar-refractivity contribution in [2.75, 3.05) is 6.61 Å². The Labute approximate surface area is 139 Å². The Balaban J connectivity index is 1.91. The zero-order valence-electron chi connectivity index (χ0n) is 14.5. The summed E-state index contributed by atoms with van der Waals surface area (Å²) >= 11 is 0. The van der Waals surface area contributed by atoms with Crippen molar-refractivity contribution in [2.24, 2.45) is 0 Å². The Morgan fingerprint density at radius 1 is 0.957 bits per heavy atom. The lowest BCUT2D eigenvalue weighted by Gasteiger charge is -2.14. The zero-order chi connectivity index (χ0) is 16.8. The quantitative estimate of drug-likeness (QED) is 0.671. The van der Waals surface area contributed by atoms with Gasteiger partial charge in [0.15, 0.2) is 0 Å². The van der Waals surface area contributed by atoms with Crippen molar-refractivity contribution in [1.82, 2.24) is 0 Å². The second-order valence-corrected chi connectivity index (χ2v) is 6.30. The molecule has 0 amide bonds. The minimum absolute atomic E-state index is 0.0578. The molecular formula is C21H25NO. The van der Waals surface area contributed by atoms with Crippen molar-refractivity contribution in [3.05, 3.63) is 64.2 Å². The summed E-state index contributed by atoms with van der Waals surface area (Å²) in [4.78, 5) is 0. The van der Waals surface area contributed by atoms with Crippen molar-refractivity contribution >= 4 is 0 Å². The molecule has 1 unspecified atom stereocenters. The smallest absolute Gasteiger partial charge is 0.122 e. The average Bonchev–Trinajstić information content (AvgIpc) is 2.52. The van der Waals surface area contributed by atoms with Crippen molar-refractivity contribution in [3.63, 3.8) is 0 Å². The summed E-state index contributed by atoms with van der Waals surface area (Å²) in [5.74, 6) is 0.883. The molecule has 23 heavy (non-hydrogen) atoms. The fraction of sp³-hybridized carbons (Fsp3) is 0.381. The summed E-state index contributed by atoms with van der Waals surface area (Å²) < 4.78 is 5.87. The van der Waals surface area contributed by atoms with Crippen LogP contribution < -0.4 is 4.74 Å². The number of ether oxygens (including phenoxy) is 1. The molecule has 2 aromatic rings. The predicted molar refractivity (Wildman–Crippen MR) is 94.9 cm³/mol. The first kappa shape index (κ1) is 17.1. The second-order valence-electron chi connectivity index (χ2n) is 6.30. The maximum Gasteiger partial charge on any atom is 0.122 e. The van der Waals surface area contributed by atoms with Crippen LogP contribution in [0.3, 0.4) is 0 Å². The van der Waals surface area contributed by atoms with Crippen LogP contribution in [-0.4, -0.2) is 6.61 Å². The monoisotopic (exact) mass is 307 g/mol. The molecule has 2 nitrogen and oxygen atoms in total. The molecular weight excluding hydrogens is 282 g/mol. The topological polar surface area (TPSA) is 33.0 Å². The van der Waals surface area contributed by atoms with Gasteiger partial charge in [0.1, 0.15) is 5.75 Å². The minimum Gasteiger partial charge on any atom is -0.493 e. The molecule has 0 aromatic heterocycles. The number of benzene rings is 2. The van der Waals surface area contributed by atoms with Gasteiger partial charge < -0.3 is 4.74 Å². The van der Waals surface area contributed by atoms with E-state index < -0.39 is 0 Å². The van der Waals surface area contributed by atoms with Gasteiger partial charge in [0, 0.05) is 0 Å². The third-order valence-corrected chi connectivity index (χ3v) is 4.19. The molecule has 2 rings (SSSR count). The van der Waals surface area contributed by atoms with E-state index in [-0.39, 0.29) is 5.92 Å². The highest BCUT2D eigenvalue weighted by Gasteiger charge is 2.13. The zero-order valence-corrected chi connectivity index (χ0v) is 14.5. The summed E-state index contributed by atoms with van der Waals surface area (Å²) in [5, 5.41) is 9.49. The molecule has 0 bridgehead atoms. The summed E-state index contributed by atoms with van der Waals surface area (Å²) in [6, 6.07) is 15.0. The van der Waals surface area contributed by atoms with Gasteiger partial charge in [-0.1, -0.05) is 41.5 Å². The third-order valence-electron chi connectivity index (χ3n) is 4.19. The first-order valence-corrected chi connectivity index (χ1v) is 8.18. The SMILES string of the molecule is Cc1ccc(OCCCC(C#N)c2cc(C)ccc2C)c(C)c1. The van der Waals surface area contributed by atoms with Crippen LogP contribution >= 0.6 is 0 Å². The average molecular weight is 307 g/mol. The molecule has 0 aliphatic rings. The van der Waals surface area contributed by atoms with Gasteiger partial charge in [-0.25, -0.2) is 0 Å². The van der Waals surface area contributed by atoms with Crippen molar-refractivity contribution in [1.29, 1.82) is 5.26 Å². The Morgan fingerprint density at radius 3 is 2.35 bits per heavy atom. The molecule has 0 saturated carbocycles. The van der Waals surface area contributed by atoms with Gasteiger partial charge >= 0.3 is 0 Å². The van der Waals surface area contributed by atoms with Gasteiger partial charge in [0.25, 0.3) is 0 Å². The first-order chi connectivity index (χ1) is 11.0. The third kappa shape index (κ3) is 4.60. The van der Waals surface area contributed by atoms with Crippen LogP contribution in [0.1, 0.15) is 46.6 Å². The van der Waals surface area contributed by atoms with E-state index in [9.17, 15) is 5.26 Å². The maximum atomic E-state index is 9.49. The first-order valence-electron chi connectivity index (χ1n) is 8.18. The van der Waals surface area contributed by atoms with Crippen LogP contribution in [0.2, 0.25) is 0 Å². The van der Waals surface area contributed by atoms with E-state index in [1.807, 2.05) is 6.07 Å². The van der Waals surface area contributed by atoms with E-state index in [2.05, 4.69) is 64.1 Å². The van der Waals surface area contributed by atoms with Crippen molar-refractivity contribution < 1.29 is 4.74 Å². The molecule has 0 fully saturated rings. The Kier molecular flexibility index (Phi) is 5.82. The summed E-state index contributed by atoms with van der Waals surface area (Å²) in [6.07, 6.45) is 1.70. The van der Waals surface area contributed by atoms with Crippen LogP contribution in [0.4, 0.5) is 0 Å². The van der Waals surface area contributed by atoms with Crippen LogP contribution in [0.15, 0.2) is 36.4 Å². The second kappa shape index (κ2) is 7.83. The standard InChI is InChI=1S/C21H25NO/c1-15-8-10-21(18(4)12-15)23-11-5-6-19(14-22)20-13-16(2)7-9-17(20)3/h7-10,12-13,19H,5-6,11H2,1-4H3. The predicted octanol–water partition coefficient (Wildman–Crippen LogP) is 5.39. The van der Waals surface area contributed by atoms with Gasteiger partial charge in [-0.15, -0.1) is 0 Å². The molecule has 2 aromatic carbocycles. The summed E-state index contributed by atoms with van der Waals surface area (Å²) in [5.41, 5.74) is 5.96. The highest BCUT2D eigenvalue weighted by atomic mass is 16.5. The number of rotatable bonds is 6. The van der Waals surface area contributed by atoms with Crippen LogP contribution in [-0.2, 0) is 0 Å². The molecule has 0 spiro atoms. The van der Waals surface area contributed by atoms with E-state index >= 15 is 0 Å². The lowest BCUT2D eigenvalue weighted by Crippen LogP contribution is -2.04. The van der Waals surface area contributed by atoms with E-state index in [0.29, 0.717) is 6.61 Å².